The SMILES string of the molecule is COc1cccc(Nc2cc(F)c(Br)cc2C)c1N. The summed E-state index contributed by atoms with van der Waals surface area (Å²) >= 11 is 3.16. The first-order valence-corrected chi connectivity index (χ1v) is 6.47. The van der Waals surface area contributed by atoms with E-state index < -0.39 is 0 Å². The van der Waals surface area contributed by atoms with Crippen LogP contribution in [0.5, 0.6) is 5.75 Å². The Balaban J connectivity index is 2.39. The molecule has 100 valence electrons. The molecule has 2 aromatic rings. The molecular formula is C14H14BrFN2O. The van der Waals surface area contributed by atoms with Crippen LogP contribution in [0.4, 0.5) is 21.5 Å². The van der Waals surface area contributed by atoms with Gasteiger partial charge in [-0.3, -0.25) is 0 Å². The normalized spacial score (nSPS) is 10.3. The number of halogens is 2. The quantitative estimate of drug-likeness (QED) is 0.830. The van der Waals surface area contributed by atoms with Crippen molar-refractivity contribution in [3.05, 3.63) is 46.2 Å². The van der Waals surface area contributed by atoms with Gasteiger partial charge < -0.3 is 15.8 Å². The van der Waals surface area contributed by atoms with Crippen LogP contribution in [-0.2, 0) is 0 Å². The third-order valence-corrected chi connectivity index (χ3v) is 3.43. The Hall–Kier alpha value is -1.75. The van der Waals surface area contributed by atoms with E-state index in [-0.39, 0.29) is 5.82 Å². The molecule has 0 heterocycles. The van der Waals surface area contributed by atoms with E-state index in [1.54, 1.807) is 19.2 Å². The van der Waals surface area contributed by atoms with Gasteiger partial charge in [0, 0.05) is 5.69 Å². The Morgan fingerprint density at radius 2 is 2.00 bits per heavy atom. The number of nitrogen functional groups attached to an aromatic ring is 1. The average Bonchev–Trinajstić information content (AvgIpc) is 2.38. The fourth-order valence-electron chi connectivity index (χ4n) is 1.76. The largest absolute Gasteiger partial charge is 0.495 e. The minimum Gasteiger partial charge on any atom is -0.495 e. The van der Waals surface area contributed by atoms with Crippen LogP contribution in [0.25, 0.3) is 0 Å². The lowest BCUT2D eigenvalue weighted by atomic mass is 10.1. The number of para-hydroxylation sites is 1. The van der Waals surface area contributed by atoms with Crippen LogP contribution in [0, 0.1) is 12.7 Å². The van der Waals surface area contributed by atoms with Crippen molar-refractivity contribution in [2.24, 2.45) is 0 Å². The average molecular weight is 325 g/mol. The van der Waals surface area contributed by atoms with Gasteiger partial charge in [0.25, 0.3) is 0 Å². The molecule has 0 bridgehead atoms. The van der Waals surface area contributed by atoms with Crippen LogP contribution >= 0.6 is 15.9 Å². The molecule has 0 saturated heterocycles. The number of nitrogens with two attached hydrogens (primary N) is 1. The van der Waals surface area contributed by atoms with Crippen molar-refractivity contribution in [1.29, 1.82) is 0 Å². The van der Waals surface area contributed by atoms with Crippen molar-refractivity contribution in [3.63, 3.8) is 0 Å². The summed E-state index contributed by atoms with van der Waals surface area (Å²) in [6, 6.07) is 8.56. The van der Waals surface area contributed by atoms with Crippen LogP contribution in [0.1, 0.15) is 5.56 Å². The van der Waals surface area contributed by atoms with Crippen LogP contribution in [0.15, 0.2) is 34.8 Å². The Bertz CT molecular complexity index is 617. The van der Waals surface area contributed by atoms with Crippen LogP contribution in [-0.4, -0.2) is 7.11 Å². The van der Waals surface area contributed by atoms with Crippen LogP contribution < -0.4 is 15.8 Å². The van der Waals surface area contributed by atoms with Crippen molar-refractivity contribution in [1.82, 2.24) is 0 Å². The molecule has 0 aliphatic carbocycles. The molecule has 0 spiro atoms. The molecule has 5 heteroatoms. The highest BCUT2D eigenvalue weighted by Crippen LogP contribution is 2.33. The van der Waals surface area contributed by atoms with E-state index in [4.69, 9.17) is 10.5 Å². The fraction of sp³-hybridized carbons (Fsp3) is 0.143. The molecule has 3 nitrogen and oxygen atoms in total. The van der Waals surface area contributed by atoms with E-state index in [0.717, 1.165) is 5.56 Å². The number of nitrogens with one attached hydrogen (secondary N) is 1. The Labute approximate surface area is 119 Å². The zero-order valence-electron chi connectivity index (χ0n) is 10.6. The third kappa shape index (κ3) is 2.81. The molecule has 2 rings (SSSR count). The molecule has 2 aromatic carbocycles. The van der Waals surface area contributed by atoms with Gasteiger partial charge in [-0.15, -0.1) is 0 Å². The van der Waals surface area contributed by atoms with Crippen molar-refractivity contribution >= 4 is 33.0 Å². The summed E-state index contributed by atoms with van der Waals surface area (Å²) in [5, 5.41) is 3.12. The first-order chi connectivity index (χ1) is 9.02. The van der Waals surface area contributed by atoms with Gasteiger partial charge in [-0.05, 0) is 52.7 Å². The molecule has 0 unspecified atom stereocenters. The number of aryl methyl sites for hydroxylation is 1. The van der Waals surface area contributed by atoms with Crippen molar-refractivity contribution < 1.29 is 9.13 Å². The fourth-order valence-corrected chi connectivity index (χ4v) is 2.21. The van der Waals surface area contributed by atoms with Gasteiger partial charge >= 0.3 is 0 Å². The lowest BCUT2D eigenvalue weighted by Crippen LogP contribution is -2.00. The summed E-state index contributed by atoms with van der Waals surface area (Å²) in [7, 11) is 1.56. The van der Waals surface area contributed by atoms with Gasteiger partial charge in [0.15, 0.2) is 0 Å². The number of hydrogen-bond donors (Lipinski definition) is 2. The number of rotatable bonds is 3. The molecule has 0 aliphatic heterocycles. The van der Waals surface area contributed by atoms with E-state index in [9.17, 15) is 4.39 Å². The molecule has 0 saturated carbocycles. The molecule has 0 atom stereocenters. The lowest BCUT2D eigenvalue weighted by molar-refractivity contribution is 0.417. The molecule has 0 fully saturated rings. The first kappa shape index (κ1) is 13.7. The highest BCUT2D eigenvalue weighted by Gasteiger charge is 2.09. The number of ether oxygens (including phenoxy) is 1. The zero-order chi connectivity index (χ0) is 14.0. The monoisotopic (exact) mass is 324 g/mol. The highest BCUT2D eigenvalue weighted by atomic mass is 79.9. The predicted octanol–water partition coefficient (Wildman–Crippen LogP) is 4.23. The zero-order valence-corrected chi connectivity index (χ0v) is 12.2. The summed E-state index contributed by atoms with van der Waals surface area (Å²) in [5.41, 5.74) is 8.73. The smallest absolute Gasteiger partial charge is 0.143 e. The van der Waals surface area contributed by atoms with Gasteiger partial charge in [-0.25, -0.2) is 4.39 Å². The van der Waals surface area contributed by atoms with Crippen molar-refractivity contribution in [2.75, 3.05) is 18.2 Å². The second-order valence-corrected chi connectivity index (χ2v) is 4.98. The molecule has 0 amide bonds. The molecule has 3 N–H and O–H groups in total. The Morgan fingerprint density at radius 3 is 2.68 bits per heavy atom. The Kier molecular flexibility index (Phi) is 3.95. The highest BCUT2D eigenvalue weighted by molar-refractivity contribution is 9.10. The molecule has 0 aliphatic rings. The minimum atomic E-state index is -0.324. The first-order valence-electron chi connectivity index (χ1n) is 5.68. The second kappa shape index (κ2) is 5.48. The molecule has 0 radical (unpaired) electrons. The van der Waals surface area contributed by atoms with E-state index >= 15 is 0 Å². The number of benzene rings is 2. The Morgan fingerprint density at radius 1 is 1.26 bits per heavy atom. The van der Waals surface area contributed by atoms with E-state index in [1.165, 1.54) is 6.07 Å². The number of methoxy groups -OCH3 is 1. The van der Waals surface area contributed by atoms with Crippen molar-refractivity contribution in [2.45, 2.75) is 6.92 Å². The number of hydrogen-bond acceptors (Lipinski definition) is 3. The lowest BCUT2D eigenvalue weighted by Gasteiger charge is -2.14. The van der Waals surface area contributed by atoms with Gasteiger partial charge in [-0.2, -0.15) is 0 Å². The van der Waals surface area contributed by atoms with Crippen LogP contribution in [0.2, 0.25) is 0 Å². The summed E-state index contributed by atoms with van der Waals surface area (Å²) in [5.74, 6) is 0.259. The maximum Gasteiger partial charge on any atom is 0.143 e. The van der Waals surface area contributed by atoms with Gasteiger partial charge in [0.1, 0.15) is 11.6 Å². The van der Waals surface area contributed by atoms with Gasteiger partial charge in [-0.1, -0.05) is 6.07 Å². The van der Waals surface area contributed by atoms with Gasteiger partial charge in [0.2, 0.25) is 0 Å². The standard InChI is InChI=1S/C14H14BrFN2O/c1-8-6-9(15)10(16)7-12(8)18-11-4-3-5-13(19-2)14(11)17/h3-7,18H,17H2,1-2H3. The van der Waals surface area contributed by atoms with Crippen LogP contribution in [0.3, 0.4) is 0 Å². The van der Waals surface area contributed by atoms with Crippen molar-refractivity contribution in [3.8, 4) is 5.75 Å². The maximum absolute atomic E-state index is 13.6. The summed E-state index contributed by atoms with van der Waals surface area (Å²) in [6.07, 6.45) is 0. The summed E-state index contributed by atoms with van der Waals surface area (Å²) in [4.78, 5) is 0. The summed E-state index contributed by atoms with van der Waals surface area (Å²) in [6.45, 7) is 1.89. The number of anilines is 3. The van der Waals surface area contributed by atoms with E-state index in [1.807, 2.05) is 19.1 Å². The molecule has 0 aromatic heterocycles. The summed E-state index contributed by atoms with van der Waals surface area (Å²) < 4.78 is 19.2. The molecule has 19 heavy (non-hydrogen) atoms. The topological polar surface area (TPSA) is 47.3 Å². The predicted molar refractivity (Wildman–Crippen MR) is 79.5 cm³/mol. The van der Waals surface area contributed by atoms with Gasteiger partial charge in [0.05, 0.1) is 23.0 Å². The third-order valence-electron chi connectivity index (χ3n) is 2.82. The van der Waals surface area contributed by atoms with E-state index in [0.29, 0.717) is 27.3 Å². The minimum absolute atomic E-state index is 0.324. The maximum atomic E-state index is 13.6. The second-order valence-electron chi connectivity index (χ2n) is 4.13. The molecular weight excluding hydrogens is 311 g/mol. The van der Waals surface area contributed by atoms with E-state index in [2.05, 4.69) is 21.2 Å².